The number of alkyl halides is 6. The van der Waals surface area contributed by atoms with Gasteiger partial charge in [-0.15, -0.1) is 0 Å². The van der Waals surface area contributed by atoms with Crippen molar-refractivity contribution in [3.05, 3.63) is 68.4 Å². The Labute approximate surface area is 163 Å². The van der Waals surface area contributed by atoms with E-state index in [9.17, 15) is 26.3 Å². The van der Waals surface area contributed by atoms with Crippen LogP contribution in [0.4, 0.5) is 26.3 Å². The van der Waals surface area contributed by atoms with Gasteiger partial charge in [0, 0.05) is 9.79 Å². The van der Waals surface area contributed by atoms with Crippen molar-refractivity contribution in [2.45, 2.75) is 22.1 Å². The second-order valence-electron chi connectivity index (χ2n) is 4.79. The van der Waals surface area contributed by atoms with Gasteiger partial charge < -0.3 is 0 Å². The highest BCUT2D eigenvalue weighted by Crippen LogP contribution is 2.39. The van der Waals surface area contributed by atoms with Gasteiger partial charge in [0.15, 0.2) is 0 Å². The lowest BCUT2D eigenvalue weighted by atomic mass is 10.2. The number of hydrogen-bond acceptors (Lipinski definition) is 2. The molecule has 0 fully saturated rings. The molecule has 2 aromatic rings. The topological polar surface area (TPSA) is 0 Å². The summed E-state index contributed by atoms with van der Waals surface area (Å²) in [5.74, 6) is 0. The van der Waals surface area contributed by atoms with Crippen molar-refractivity contribution >= 4 is 46.7 Å². The van der Waals surface area contributed by atoms with Crippen LogP contribution >= 0.6 is 46.7 Å². The molecule has 10 heteroatoms. The van der Waals surface area contributed by atoms with E-state index < -0.39 is 33.5 Å². The fraction of sp³-hybridized carbons (Fsp3) is 0.125. The average molecular weight is 449 g/mol. The van der Waals surface area contributed by atoms with Gasteiger partial charge in [-0.2, -0.15) is 26.3 Å². The molecule has 0 radical (unpaired) electrons. The third-order valence-corrected chi connectivity index (χ3v) is 5.38. The van der Waals surface area contributed by atoms with Gasteiger partial charge >= 0.3 is 12.4 Å². The van der Waals surface area contributed by atoms with E-state index in [1.165, 1.54) is 22.9 Å². The molecule has 0 aliphatic rings. The monoisotopic (exact) mass is 448 g/mol. The van der Waals surface area contributed by atoms with E-state index in [-0.39, 0.29) is 0 Å². The van der Waals surface area contributed by atoms with Crippen molar-refractivity contribution in [2.75, 3.05) is 0 Å². The zero-order chi connectivity index (χ0) is 19.5. The maximum Gasteiger partial charge on any atom is 0.417 e. The van der Waals surface area contributed by atoms with Gasteiger partial charge in [0.25, 0.3) is 0 Å². The van der Waals surface area contributed by atoms with Crippen LogP contribution in [0.2, 0.25) is 10.0 Å². The van der Waals surface area contributed by atoms with Crippen molar-refractivity contribution < 1.29 is 26.3 Å². The molecule has 0 N–H and O–H groups in total. The Morgan fingerprint density at radius 1 is 0.654 bits per heavy atom. The van der Waals surface area contributed by atoms with Gasteiger partial charge in [0.1, 0.15) is 0 Å². The first-order chi connectivity index (χ1) is 12.0. The molecule has 0 saturated heterocycles. The van der Waals surface area contributed by atoms with Crippen LogP contribution in [0, 0.1) is 0 Å². The molecule has 0 atom stereocenters. The molecule has 2 rings (SSSR count). The zero-order valence-corrected chi connectivity index (χ0v) is 15.6. The van der Waals surface area contributed by atoms with E-state index in [1.54, 1.807) is 0 Å². The predicted octanol–water partition coefficient (Wildman–Crippen LogP) is 8.39. The van der Waals surface area contributed by atoms with E-state index >= 15 is 0 Å². The number of hydrogen-bond donors (Lipinski definition) is 0. The normalized spacial score (nSPS) is 12.8. The molecular formula is C16H8Cl2F6S2. The third-order valence-electron chi connectivity index (χ3n) is 2.95. The summed E-state index contributed by atoms with van der Waals surface area (Å²) >= 11 is 13.0. The van der Waals surface area contributed by atoms with Crippen molar-refractivity contribution in [3.63, 3.8) is 0 Å². The van der Waals surface area contributed by atoms with Gasteiger partial charge in [0.05, 0.1) is 21.2 Å². The van der Waals surface area contributed by atoms with E-state index in [1.807, 2.05) is 0 Å². The number of rotatable bonds is 4. The molecule has 26 heavy (non-hydrogen) atoms. The Morgan fingerprint density at radius 3 is 1.31 bits per heavy atom. The lowest BCUT2D eigenvalue weighted by molar-refractivity contribution is -0.138. The quantitative estimate of drug-likeness (QED) is 0.340. The smallest absolute Gasteiger partial charge is 0.166 e. The molecule has 0 amide bonds. The highest BCUT2D eigenvalue weighted by Gasteiger charge is 2.34. The Hall–Kier alpha value is -0.960. The lowest BCUT2D eigenvalue weighted by Crippen LogP contribution is -2.05. The maximum atomic E-state index is 12.8. The average Bonchev–Trinajstić information content (AvgIpc) is 2.52. The summed E-state index contributed by atoms with van der Waals surface area (Å²) in [7, 11) is 0. The van der Waals surface area contributed by atoms with E-state index in [0.29, 0.717) is 9.79 Å². The van der Waals surface area contributed by atoms with Gasteiger partial charge in [-0.25, -0.2) is 0 Å². The second-order valence-corrected chi connectivity index (χ2v) is 7.56. The van der Waals surface area contributed by atoms with Crippen molar-refractivity contribution in [3.8, 4) is 0 Å². The second kappa shape index (κ2) is 8.37. The Balaban J connectivity index is 2.07. The number of halogens is 8. The third kappa shape index (κ3) is 5.77. The molecule has 0 saturated carbocycles. The molecule has 0 unspecified atom stereocenters. The van der Waals surface area contributed by atoms with Crippen molar-refractivity contribution in [1.29, 1.82) is 0 Å². The Kier molecular flexibility index (Phi) is 6.87. The summed E-state index contributed by atoms with van der Waals surface area (Å²) in [4.78, 5) is 0.594. The fourth-order valence-corrected chi connectivity index (χ4v) is 3.68. The van der Waals surface area contributed by atoms with Crippen LogP contribution < -0.4 is 0 Å². The minimum Gasteiger partial charge on any atom is -0.166 e. The molecule has 0 heterocycles. The van der Waals surface area contributed by atoms with E-state index in [0.717, 1.165) is 47.8 Å². The largest absolute Gasteiger partial charge is 0.417 e. The van der Waals surface area contributed by atoms with Gasteiger partial charge in [-0.3, -0.25) is 0 Å². The van der Waals surface area contributed by atoms with Crippen molar-refractivity contribution in [1.82, 2.24) is 0 Å². The fourth-order valence-electron chi connectivity index (χ4n) is 1.80. The van der Waals surface area contributed by atoms with Crippen LogP contribution in [0.25, 0.3) is 0 Å². The standard InChI is InChI=1S/C16H8Cl2F6S2/c17-13-3-1-9(7-11(13)15(19,20)21)25-5-6-26-10-2-4-14(18)12(8-10)16(22,23)24/h1-8H/b6-5-. The maximum absolute atomic E-state index is 12.8. The molecule has 2 aromatic carbocycles. The highest BCUT2D eigenvalue weighted by atomic mass is 35.5. The molecular weight excluding hydrogens is 441 g/mol. The highest BCUT2D eigenvalue weighted by molar-refractivity contribution is 8.05. The minimum absolute atomic E-state index is 0.297. The van der Waals surface area contributed by atoms with Gasteiger partial charge in [0.2, 0.25) is 0 Å². The molecule has 0 aliphatic carbocycles. The van der Waals surface area contributed by atoms with Crippen LogP contribution in [-0.4, -0.2) is 0 Å². The molecule has 0 bridgehead atoms. The summed E-state index contributed by atoms with van der Waals surface area (Å²) in [5, 5.41) is 2.13. The Morgan fingerprint density at radius 2 is 1.00 bits per heavy atom. The summed E-state index contributed by atoms with van der Waals surface area (Å²) in [6.07, 6.45) is -9.13. The number of thioether (sulfide) groups is 2. The van der Waals surface area contributed by atoms with Crippen LogP contribution in [0.5, 0.6) is 0 Å². The Bertz CT molecular complexity index is 748. The zero-order valence-electron chi connectivity index (χ0n) is 12.5. The molecule has 0 aliphatic heterocycles. The van der Waals surface area contributed by atoms with Gasteiger partial charge in [-0.1, -0.05) is 46.7 Å². The van der Waals surface area contributed by atoms with Gasteiger partial charge in [-0.05, 0) is 47.2 Å². The summed E-state index contributed by atoms with van der Waals surface area (Å²) in [6, 6.07) is 6.94. The SMILES string of the molecule is FC(F)(F)c1cc(S/C=C\Sc2ccc(Cl)c(C(F)(F)F)c2)ccc1Cl. The molecule has 0 spiro atoms. The van der Waals surface area contributed by atoms with E-state index in [2.05, 4.69) is 0 Å². The number of benzene rings is 2. The first-order valence-corrected chi connectivity index (χ1v) is 9.22. The summed E-state index contributed by atoms with van der Waals surface area (Å²) in [5.41, 5.74) is -1.89. The van der Waals surface area contributed by atoms with Crippen molar-refractivity contribution in [2.24, 2.45) is 0 Å². The van der Waals surface area contributed by atoms with E-state index in [4.69, 9.17) is 23.2 Å². The molecule has 140 valence electrons. The summed E-state index contributed by atoms with van der Waals surface area (Å²) < 4.78 is 76.7. The van der Waals surface area contributed by atoms with Crippen LogP contribution in [-0.2, 0) is 12.4 Å². The predicted molar refractivity (Wildman–Crippen MR) is 93.8 cm³/mol. The van der Waals surface area contributed by atoms with Crippen LogP contribution in [0.1, 0.15) is 11.1 Å². The minimum atomic E-state index is -4.57. The lowest BCUT2D eigenvalue weighted by Gasteiger charge is -2.10. The van der Waals surface area contributed by atoms with Crippen LogP contribution in [0.3, 0.4) is 0 Å². The summed E-state index contributed by atoms with van der Waals surface area (Å²) in [6.45, 7) is 0. The first kappa shape index (κ1) is 21.3. The molecule has 0 aromatic heterocycles. The van der Waals surface area contributed by atoms with Crippen LogP contribution in [0.15, 0.2) is 57.0 Å². The molecule has 0 nitrogen and oxygen atoms in total. The first-order valence-electron chi connectivity index (χ1n) is 6.70.